The molecule has 1 aliphatic rings. The summed E-state index contributed by atoms with van der Waals surface area (Å²) in [4.78, 5) is 29.7. The number of carbonyl (C=O) groups excluding carboxylic acids is 1. The van der Waals surface area contributed by atoms with Crippen LogP contribution in [-0.2, 0) is 0 Å². The van der Waals surface area contributed by atoms with Crippen LogP contribution < -0.4 is 9.64 Å². The van der Waals surface area contributed by atoms with Gasteiger partial charge in [0.05, 0.1) is 6.61 Å². The van der Waals surface area contributed by atoms with Crippen LogP contribution in [0.4, 0.5) is 5.82 Å². The fourth-order valence-electron chi connectivity index (χ4n) is 3.78. The van der Waals surface area contributed by atoms with E-state index in [1.807, 2.05) is 49.1 Å². The van der Waals surface area contributed by atoms with Crippen molar-refractivity contribution < 1.29 is 9.53 Å². The van der Waals surface area contributed by atoms with Crippen LogP contribution in [0.3, 0.4) is 0 Å². The first-order valence-electron chi connectivity index (χ1n) is 10.6. The van der Waals surface area contributed by atoms with Gasteiger partial charge in [0.15, 0.2) is 0 Å². The SMILES string of the molecule is CCOc1ccc2cc(C(=O)N3CCN(c4cc(C)nc(C(C)C)n4)CC3)[nH]c2c1. The summed E-state index contributed by atoms with van der Waals surface area (Å²) in [5, 5.41) is 1.01. The monoisotopic (exact) mass is 407 g/mol. The van der Waals surface area contributed by atoms with Crippen LogP contribution in [0.15, 0.2) is 30.3 Å². The first kappa shape index (κ1) is 20.2. The Balaban J connectivity index is 1.45. The van der Waals surface area contributed by atoms with E-state index in [1.165, 1.54) is 0 Å². The van der Waals surface area contributed by atoms with Crippen LogP contribution in [0.5, 0.6) is 5.75 Å². The number of aryl methyl sites for hydroxylation is 1. The Kier molecular flexibility index (Phi) is 5.61. The summed E-state index contributed by atoms with van der Waals surface area (Å²) >= 11 is 0. The second-order valence-corrected chi connectivity index (χ2v) is 8.02. The lowest BCUT2D eigenvalue weighted by Gasteiger charge is -2.35. The van der Waals surface area contributed by atoms with Crippen LogP contribution in [-0.4, -0.2) is 58.5 Å². The molecule has 0 atom stereocenters. The Morgan fingerprint density at radius 1 is 1.13 bits per heavy atom. The number of nitrogens with zero attached hydrogens (tertiary/aromatic N) is 4. The molecule has 0 unspecified atom stereocenters. The molecule has 3 aromatic rings. The third-order valence-corrected chi connectivity index (χ3v) is 5.40. The van der Waals surface area contributed by atoms with Crippen molar-refractivity contribution in [3.05, 3.63) is 47.5 Å². The van der Waals surface area contributed by atoms with Gasteiger partial charge in [0.1, 0.15) is 23.1 Å². The van der Waals surface area contributed by atoms with Crippen LogP contribution >= 0.6 is 0 Å². The summed E-state index contributed by atoms with van der Waals surface area (Å²) in [5.74, 6) is 2.95. The summed E-state index contributed by atoms with van der Waals surface area (Å²) in [5.41, 5.74) is 2.51. The van der Waals surface area contributed by atoms with Crippen LogP contribution in [0.25, 0.3) is 10.9 Å². The molecule has 1 aromatic carbocycles. The maximum atomic E-state index is 13.0. The molecule has 1 amide bonds. The van der Waals surface area contributed by atoms with Gasteiger partial charge < -0.3 is 19.5 Å². The number of fused-ring (bicyclic) bond motifs is 1. The van der Waals surface area contributed by atoms with E-state index >= 15 is 0 Å². The largest absolute Gasteiger partial charge is 0.494 e. The van der Waals surface area contributed by atoms with Gasteiger partial charge in [0, 0.05) is 60.8 Å². The highest BCUT2D eigenvalue weighted by Gasteiger charge is 2.24. The molecule has 1 aliphatic heterocycles. The summed E-state index contributed by atoms with van der Waals surface area (Å²) in [6.45, 7) is 11.6. The van der Waals surface area contributed by atoms with Crippen molar-refractivity contribution in [3.63, 3.8) is 0 Å². The predicted molar refractivity (Wildman–Crippen MR) is 118 cm³/mol. The average Bonchev–Trinajstić information content (AvgIpc) is 3.16. The Morgan fingerprint density at radius 3 is 2.60 bits per heavy atom. The fourth-order valence-corrected chi connectivity index (χ4v) is 3.78. The molecule has 1 fully saturated rings. The maximum Gasteiger partial charge on any atom is 0.270 e. The Bertz CT molecular complexity index is 1050. The van der Waals surface area contributed by atoms with Gasteiger partial charge in [-0.15, -0.1) is 0 Å². The van der Waals surface area contributed by atoms with E-state index in [2.05, 4.69) is 28.7 Å². The lowest BCUT2D eigenvalue weighted by Crippen LogP contribution is -2.49. The quantitative estimate of drug-likeness (QED) is 0.697. The molecule has 0 aliphatic carbocycles. The van der Waals surface area contributed by atoms with E-state index in [9.17, 15) is 4.79 Å². The molecular formula is C23H29N5O2. The average molecular weight is 408 g/mol. The molecule has 30 heavy (non-hydrogen) atoms. The van der Waals surface area contributed by atoms with Crippen molar-refractivity contribution in [2.45, 2.75) is 33.6 Å². The summed E-state index contributed by atoms with van der Waals surface area (Å²) in [7, 11) is 0. The number of anilines is 1. The molecule has 0 radical (unpaired) electrons. The molecule has 0 saturated carbocycles. The topological polar surface area (TPSA) is 74.3 Å². The van der Waals surface area contributed by atoms with Crippen molar-refractivity contribution in [2.75, 3.05) is 37.7 Å². The Hall–Kier alpha value is -3.09. The van der Waals surface area contributed by atoms with E-state index in [0.29, 0.717) is 25.4 Å². The van der Waals surface area contributed by atoms with Crippen LogP contribution in [0.2, 0.25) is 0 Å². The molecule has 1 saturated heterocycles. The molecule has 0 spiro atoms. The molecular weight excluding hydrogens is 378 g/mol. The minimum absolute atomic E-state index is 0.0329. The highest BCUT2D eigenvalue weighted by atomic mass is 16.5. The minimum Gasteiger partial charge on any atom is -0.494 e. The standard InChI is InChI=1S/C23H29N5O2/c1-5-30-18-7-6-17-13-20(25-19(17)14-18)23(29)28-10-8-27(9-11-28)21-12-16(4)24-22(26-21)15(2)3/h6-7,12-15,25H,5,8-11H2,1-4H3. The molecule has 158 valence electrons. The number of benzene rings is 1. The number of ether oxygens (including phenoxy) is 1. The van der Waals surface area contributed by atoms with E-state index in [0.717, 1.165) is 47.1 Å². The van der Waals surface area contributed by atoms with E-state index < -0.39 is 0 Å². The number of hydrogen-bond donors (Lipinski definition) is 1. The summed E-state index contributed by atoms with van der Waals surface area (Å²) < 4.78 is 5.55. The highest BCUT2D eigenvalue weighted by molar-refractivity contribution is 5.98. The Morgan fingerprint density at radius 2 is 1.90 bits per heavy atom. The van der Waals surface area contributed by atoms with E-state index in [-0.39, 0.29) is 11.8 Å². The Labute approximate surface area is 177 Å². The van der Waals surface area contributed by atoms with Crippen LogP contribution in [0, 0.1) is 6.92 Å². The zero-order chi connectivity index (χ0) is 21.3. The number of rotatable bonds is 5. The number of piperazine rings is 1. The second-order valence-electron chi connectivity index (χ2n) is 8.02. The molecule has 1 N–H and O–H groups in total. The number of carbonyl (C=O) groups is 1. The number of nitrogens with one attached hydrogen (secondary N) is 1. The van der Waals surface area contributed by atoms with Gasteiger partial charge in [0.25, 0.3) is 5.91 Å². The number of H-pyrrole nitrogens is 1. The zero-order valence-electron chi connectivity index (χ0n) is 18.1. The lowest BCUT2D eigenvalue weighted by molar-refractivity contribution is 0.0741. The zero-order valence-corrected chi connectivity index (χ0v) is 18.1. The third-order valence-electron chi connectivity index (χ3n) is 5.40. The van der Waals surface area contributed by atoms with Crippen molar-refractivity contribution in [1.82, 2.24) is 19.9 Å². The van der Waals surface area contributed by atoms with Gasteiger partial charge in [-0.3, -0.25) is 4.79 Å². The summed E-state index contributed by atoms with van der Waals surface area (Å²) in [6.07, 6.45) is 0. The number of aromatic nitrogens is 3. The van der Waals surface area contributed by atoms with Crippen molar-refractivity contribution in [1.29, 1.82) is 0 Å². The lowest BCUT2D eigenvalue weighted by atomic mass is 10.2. The first-order valence-corrected chi connectivity index (χ1v) is 10.6. The molecule has 4 rings (SSSR count). The van der Waals surface area contributed by atoms with Gasteiger partial charge in [-0.1, -0.05) is 13.8 Å². The number of amides is 1. The normalized spacial score (nSPS) is 14.6. The molecule has 0 bridgehead atoms. The predicted octanol–water partition coefficient (Wildman–Crippen LogP) is 3.75. The van der Waals surface area contributed by atoms with Gasteiger partial charge >= 0.3 is 0 Å². The highest BCUT2D eigenvalue weighted by Crippen LogP contribution is 2.23. The number of aromatic amines is 1. The number of hydrogen-bond acceptors (Lipinski definition) is 5. The maximum absolute atomic E-state index is 13.0. The smallest absolute Gasteiger partial charge is 0.270 e. The minimum atomic E-state index is 0.0329. The fraction of sp³-hybridized carbons (Fsp3) is 0.435. The van der Waals surface area contributed by atoms with Crippen molar-refractivity contribution in [2.24, 2.45) is 0 Å². The molecule has 7 nitrogen and oxygen atoms in total. The molecule has 2 aromatic heterocycles. The van der Waals surface area contributed by atoms with Crippen molar-refractivity contribution in [3.8, 4) is 5.75 Å². The first-order chi connectivity index (χ1) is 14.4. The van der Waals surface area contributed by atoms with Crippen LogP contribution in [0.1, 0.15) is 48.7 Å². The van der Waals surface area contributed by atoms with Gasteiger partial charge in [0.2, 0.25) is 0 Å². The second kappa shape index (κ2) is 8.34. The van der Waals surface area contributed by atoms with E-state index in [4.69, 9.17) is 9.72 Å². The summed E-state index contributed by atoms with van der Waals surface area (Å²) in [6, 6.07) is 9.80. The van der Waals surface area contributed by atoms with Gasteiger partial charge in [-0.05, 0) is 32.0 Å². The van der Waals surface area contributed by atoms with Gasteiger partial charge in [-0.2, -0.15) is 0 Å². The molecule has 7 heteroatoms. The van der Waals surface area contributed by atoms with E-state index in [1.54, 1.807) is 0 Å². The third kappa shape index (κ3) is 4.10. The molecule has 3 heterocycles. The van der Waals surface area contributed by atoms with Gasteiger partial charge in [-0.25, -0.2) is 9.97 Å². The van der Waals surface area contributed by atoms with Crippen molar-refractivity contribution >= 4 is 22.6 Å².